The van der Waals surface area contributed by atoms with E-state index < -0.39 is 0 Å². The second-order valence-corrected chi connectivity index (χ2v) is 9.64. The molecule has 1 fully saturated rings. The molecule has 1 aliphatic carbocycles. The molecule has 0 atom stereocenters. The van der Waals surface area contributed by atoms with Crippen molar-refractivity contribution in [3.63, 3.8) is 0 Å². The lowest BCUT2D eigenvalue weighted by atomic mass is 9.82. The Hall–Kier alpha value is 0.0200. The van der Waals surface area contributed by atoms with Gasteiger partial charge in [0.25, 0.3) is 0 Å². The van der Waals surface area contributed by atoms with Crippen molar-refractivity contribution in [1.29, 1.82) is 0 Å². The first-order valence-electron chi connectivity index (χ1n) is 8.75. The molecule has 1 saturated carbocycles. The molecule has 1 nitrogen and oxygen atoms in total. The van der Waals surface area contributed by atoms with Crippen molar-refractivity contribution in [3.8, 4) is 0 Å². The Morgan fingerprint density at radius 2 is 1.50 bits per heavy atom. The van der Waals surface area contributed by atoms with E-state index in [1.807, 2.05) is 0 Å². The van der Waals surface area contributed by atoms with Gasteiger partial charge in [0.2, 0.25) is 0 Å². The fourth-order valence-corrected chi connectivity index (χ4v) is 6.20. The Bertz CT molecular complexity index is 271. The predicted molar refractivity (Wildman–Crippen MR) is 92.6 cm³/mol. The highest BCUT2D eigenvalue weighted by molar-refractivity contribution is 7.98. The third-order valence-electron chi connectivity index (χ3n) is 4.78. The van der Waals surface area contributed by atoms with Gasteiger partial charge >= 0.3 is 0 Å². The number of unbranched alkanes of at least 4 members (excludes halogenated alkanes) is 2. The van der Waals surface area contributed by atoms with Crippen LogP contribution in [0.2, 0.25) is 0 Å². The third kappa shape index (κ3) is 5.09. The Balaban J connectivity index is 2.69. The van der Waals surface area contributed by atoms with Gasteiger partial charge in [-0.25, -0.2) is 0 Å². The number of hydrogen-bond acceptors (Lipinski definition) is 1. The highest BCUT2D eigenvalue weighted by Crippen LogP contribution is 2.33. The number of carbonyl (C=O) groups is 1. The zero-order chi connectivity index (χ0) is 15.0. The average Bonchev–Trinajstić information content (AvgIpc) is 2.47. The molecule has 0 saturated heterocycles. The summed E-state index contributed by atoms with van der Waals surface area (Å²) in [6.45, 7) is 9.02. The fourth-order valence-electron chi connectivity index (χ4n) is 3.25. The van der Waals surface area contributed by atoms with Crippen LogP contribution in [0.15, 0.2) is 0 Å². The van der Waals surface area contributed by atoms with Gasteiger partial charge < -0.3 is 0 Å². The summed E-state index contributed by atoms with van der Waals surface area (Å²) in [7, 11) is 0.284. The van der Waals surface area contributed by atoms with Crippen molar-refractivity contribution in [2.75, 3.05) is 11.5 Å². The van der Waals surface area contributed by atoms with Gasteiger partial charge in [-0.1, -0.05) is 46.0 Å². The van der Waals surface area contributed by atoms with Crippen LogP contribution in [-0.4, -0.2) is 22.0 Å². The standard InChI is InChI=1S/C18H35OS/c1-5-7-14-20(15-8-6-2)18(3,4)17(19)16-12-10-9-11-13-16/h16H,5-15H2,1-4H3/q+1. The molecule has 0 spiro atoms. The lowest BCUT2D eigenvalue weighted by Gasteiger charge is -2.30. The summed E-state index contributed by atoms with van der Waals surface area (Å²) in [6, 6.07) is 0. The summed E-state index contributed by atoms with van der Waals surface area (Å²) in [5, 5.41) is 0. The quantitative estimate of drug-likeness (QED) is 0.539. The number of rotatable bonds is 9. The van der Waals surface area contributed by atoms with E-state index in [4.69, 9.17) is 0 Å². The van der Waals surface area contributed by atoms with Gasteiger partial charge in [-0.3, -0.25) is 4.79 Å². The molecule has 0 amide bonds. The summed E-state index contributed by atoms with van der Waals surface area (Å²) in [6.07, 6.45) is 11.3. The van der Waals surface area contributed by atoms with Crippen LogP contribution in [0.1, 0.15) is 85.5 Å². The van der Waals surface area contributed by atoms with Crippen molar-refractivity contribution >= 4 is 16.7 Å². The first-order valence-corrected chi connectivity index (χ1v) is 10.3. The minimum atomic E-state index is -0.0770. The van der Waals surface area contributed by atoms with Crippen LogP contribution in [0.4, 0.5) is 0 Å². The van der Waals surface area contributed by atoms with E-state index in [9.17, 15) is 4.79 Å². The number of Topliss-reactive ketones (excluding diaryl/α,β-unsaturated/α-hetero) is 1. The summed E-state index contributed by atoms with van der Waals surface area (Å²) in [5.41, 5.74) is 0. The normalized spacial score (nSPS) is 17.6. The van der Waals surface area contributed by atoms with Crippen LogP contribution >= 0.6 is 0 Å². The minimum absolute atomic E-state index is 0.0770. The molecule has 2 heteroatoms. The largest absolute Gasteiger partial charge is 0.293 e. The van der Waals surface area contributed by atoms with Crippen LogP contribution in [0.3, 0.4) is 0 Å². The fraction of sp³-hybridized carbons (Fsp3) is 0.944. The molecule has 20 heavy (non-hydrogen) atoms. The van der Waals surface area contributed by atoms with Gasteiger partial charge in [0.1, 0.15) is 11.5 Å². The molecule has 0 aliphatic heterocycles. The third-order valence-corrected chi connectivity index (χ3v) is 7.99. The van der Waals surface area contributed by atoms with E-state index in [1.165, 1.54) is 56.5 Å². The van der Waals surface area contributed by atoms with Crippen LogP contribution in [0.25, 0.3) is 0 Å². The highest BCUT2D eigenvalue weighted by Gasteiger charge is 2.46. The number of carbonyl (C=O) groups excluding carboxylic acids is 1. The predicted octanol–water partition coefficient (Wildman–Crippen LogP) is 5.13. The number of hydrogen-bond donors (Lipinski definition) is 0. The lowest BCUT2D eigenvalue weighted by Crippen LogP contribution is -2.47. The highest BCUT2D eigenvalue weighted by atomic mass is 32.2. The van der Waals surface area contributed by atoms with Gasteiger partial charge in [0, 0.05) is 16.8 Å². The van der Waals surface area contributed by atoms with Crippen LogP contribution in [0.5, 0.6) is 0 Å². The van der Waals surface area contributed by atoms with E-state index in [2.05, 4.69) is 27.7 Å². The van der Waals surface area contributed by atoms with Crippen LogP contribution in [-0.2, 0) is 15.7 Å². The number of ketones is 1. The summed E-state index contributed by atoms with van der Waals surface area (Å²) < 4.78 is -0.0770. The first-order chi connectivity index (χ1) is 9.54. The van der Waals surface area contributed by atoms with Crippen molar-refractivity contribution in [3.05, 3.63) is 0 Å². The summed E-state index contributed by atoms with van der Waals surface area (Å²) in [5.74, 6) is 3.49. The lowest BCUT2D eigenvalue weighted by molar-refractivity contribution is -0.125. The molecule has 0 aromatic rings. The summed E-state index contributed by atoms with van der Waals surface area (Å²) >= 11 is 0. The topological polar surface area (TPSA) is 17.1 Å². The Morgan fingerprint density at radius 1 is 1.00 bits per heavy atom. The van der Waals surface area contributed by atoms with Crippen molar-refractivity contribution in [2.24, 2.45) is 5.92 Å². The molecule has 118 valence electrons. The molecular weight excluding hydrogens is 264 g/mol. The molecule has 0 aromatic heterocycles. The van der Waals surface area contributed by atoms with E-state index in [1.54, 1.807) is 0 Å². The second kappa shape index (κ2) is 9.12. The Kier molecular flexibility index (Phi) is 8.24. The zero-order valence-corrected chi connectivity index (χ0v) is 15.0. The van der Waals surface area contributed by atoms with E-state index in [-0.39, 0.29) is 15.6 Å². The first kappa shape index (κ1) is 18.1. The molecule has 0 N–H and O–H groups in total. The van der Waals surface area contributed by atoms with Gasteiger partial charge in [0.15, 0.2) is 10.5 Å². The van der Waals surface area contributed by atoms with Gasteiger partial charge in [0.05, 0.1) is 0 Å². The maximum Gasteiger partial charge on any atom is 0.190 e. The zero-order valence-electron chi connectivity index (χ0n) is 14.2. The van der Waals surface area contributed by atoms with Crippen LogP contribution in [0, 0.1) is 5.92 Å². The molecule has 0 bridgehead atoms. The molecule has 1 aliphatic rings. The molecule has 1 rings (SSSR count). The van der Waals surface area contributed by atoms with E-state index >= 15 is 0 Å². The van der Waals surface area contributed by atoms with Crippen LogP contribution < -0.4 is 0 Å². The molecule has 0 radical (unpaired) electrons. The molecular formula is C18H35OS+. The molecule has 0 aromatic carbocycles. The van der Waals surface area contributed by atoms with E-state index in [0.717, 1.165) is 12.8 Å². The maximum absolute atomic E-state index is 13.0. The van der Waals surface area contributed by atoms with Gasteiger partial charge in [-0.05, 0) is 39.5 Å². The second-order valence-electron chi connectivity index (χ2n) is 6.82. The Labute approximate surface area is 129 Å². The van der Waals surface area contributed by atoms with Crippen molar-refractivity contribution < 1.29 is 4.79 Å². The minimum Gasteiger partial charge on any atom is -0.293 e. The molecule has 0 heterocycles. The van der Waals surface area contributed by atoms with Gasteiger partial charge in [-0.15, -0.1) is 0 Å². The smallest absolute Gasteiger partial charge is 0.190 e. The summed E-state index contributed by atoms with van der Waals surface area (Å²) in [4.78, 5) is 13.0. The SMILES string of the molecule is CCCC[S+](CCCC)C(C)(C)C(=O)C1CCCCC1. The molecule has 0 unspecified atom stereocenters. The van der Waals surface area contributed by atoms with Crippen molar-refractivity contribution in [2.45, 2.75) is 90.2 Å². The Morgan fingerprint density at radius 3 is 1.95 bits per heavy atom. The maximum atomic E-state index is 13.0. The van der Waals surface area contributed by atoms with Gasteiger partial charge in [-0.2, -0.15) is 0 Å². The average molecular weight is 300 g/mol. The van der Waals surface area contributed by atoms with E-state index in [0.29, 0.717) is 11.7 Å². The van der Waals surface area contributed by atoms with Crippen molar-refractivity contribution in [1.82, 2.24) is 0 Å². The monoisotopic (exact) mass is 299 g/mol.